The second-order valence-corrected chi connectivity index (χ2v) is 4.26. The van der Waals surface area contributed by atoms with Crippen LogP contribution in [0.25, 0.3) is 0 Å². The molecule has 94 valence electrons. The molecule has 2 nitrogen and oxygen atoms in total. The van der Waals surface area contributed by atoms with Gasteiger partial charge in [0.1, 0.15) is 0 Å². The number of hydrogen-bond acceptors (Lipinski definition) is 2. The first-order valence-corrected chi connectivity index (χ1v) is 5.70. The molecule has 1 heterocycles. The largest absolute Gasteiger partial charge is 0.416 e. The highest BCUT2D eigenvalue weighted by molar-refractivity contribution is 5.46. The van der Waals surface area contributed by atoms with Gasteiger partial charge in [0.05, 0.1) is 5.56 Å². The molecule has 0 aromatic heterocycles. The molecule has 1 aromatic rings. The van der Waals surface area contributed by atoms with Crippen LogP contribution in [0.5, 0.6) is 0 Å². The molecule has 0 spiro atoms. The van der Waals surface area contributed by atoms with Crippen LogP contribution in [0.15, 0.2) is 24.3 Å². The molecule has 0 radical (unpaired) electrons. The minimum Gasteiger partial charge on any atom is -0.381 e. The second kappa shape index (κ2) is 4.96. The molecule has 2 rings (SSSR count). The highest BCUT2D eigenvalue weighted by Crippen LogP contribution is 2.30. The summed E-state index contributed by atoms with van der Waals surface area (Å²) in [6.07, 6.45) is -2.11. The number of piperidine rings is 1. The van der Waals surface area contributed by atoms with E-state index in [0.717, 1.165) is 43.8 Å². The second-order valence-electron chi connectivity index (χ2n) is 4.26. The number of halogens is 3. The number of hydrogen-bond donors (Lipinski definition) is 2. The van der Waals surface area contributed by atoms with Crippen LogP contribution >= 0.6 is 0 Å². The molecule has 0 saturated carbocycles. The lowest BCUT2D eigenvalue weighted by Gasteiger charge is -2.24. The maximum absolute atomic E-state index is 12.3. The molecule has 1 fully saturated rings. The highest BCUT2D eigenvalue weighted by atomic mass is 19.4. The third kappa shape index (κ3) is 3.36. The topological polar surface area (TPSA) is 24.1 Å². The van der Waals surface area contributed by atoms with Crippen LogP contribution in [0, 0.1) is 0 Å². The Kier molecular flexibility index (Phi) is 3.57. The molecule has 1 atom stereocenters. The Morgan fingerprint density at radius 3 is 2.41 bits per heavy atom. The first kappa shape index (κ1) is 12.2. The van der Waals surface area contributed by atoms with Crippen molar-refractivity contribution in [1.29, 1.82) is 0 Å². The number of nitrogens with one attached hydrogen (secondary N) is 2. The standard InChI is InChI=1S/C12H15F3N2/c13-12(14,15)9-3-5-10(6-4-9)17-11-2-1-7-16-8-11/h3-6,11,16-17H,1-2,7-8H2/t11-/m0/s1. The third-order valence-electron chi connectivity index (χ3n) is 2.88. The molecule has 0 amide bonds. The van der Waals surface area contributed by atoms with Crippen LogP contribution in [0.3, 0.4) is 0 Å². The first-order valence-electron chi connectivity index (χ1n) is 5.70. The molecule has 1 aliphatic heterocycles. The summed E-state index contributed by atoms with van der Waals surface area (Å²) in [5, 5.41) is 6.48. The minimum atomic E-state index is -4.26. The molecule has 0 aliphatic carbocycles. The normalized spacial score (nSPS) is 21.2. The van der Waals surface area contributed by atoms with E-state index < -0.39 is 11.7 Å². The van der Waals surface area contributed by atoms with E-state index in [1.165, 1.54) is 12.1 Å². The average Bonchev–Trinajstić information content (AvgIpc) is 2.30. The van der Waals surface area contributed by atoms with Crippen molar-refractivity contribution in [3.05, 3.63) is 29.8 Å². The highest BCUT2D eigenvalue weighted by Gasteiger charge is 2.30. The summed E-state index contributed by atoms with van der Waals surface area (Å²) < 4.78 is 37.0. The monoisotopic (exact) mass is 244 g/mol. The summed E-state index contributed by atoms with van der Waals surface area (Å²) in [5.74, 6) is 0. The molecule has 0 unspecified atom stereocenters. The zero-order valence-corrected chi connectivity index (χ0v) is 9.35. The Bertz CT molecular complexity index is 353. The summed E-state index contributed by atoms with van der Waals surface area (Å²) in [6.45, 7) is 1.88. The molecule has 5 heteroatoms. The maximum atomic E-state index is 12.3. The molecule has 2 N–H and O–H groups in total. The molecule has 0 bridgehead atoms. The van der Waals surface area contributed by atoms with Crippen LogP contribution in [0.2, 0.25) is 0 Å². The van der Waals surface area contributed by atoms with Crippen molar-refractivity contribution in [3.63, 3.8) is 0 Å². The van der Waals surface area contributed by atoms with E-state index in [1.807, 2.05) is 0 Å². The van der Waals surface area contributed by atoms with E-state index in [0.29, 0.717) is 6.04 Å². The average molecular weight is 244 g/mol. The van der Waals surface area contributed by atoms with Crippen molar-refractivity contribution in [2.45, 2.75) is 25.1 Å². The van der Waals surface area contributed by atoms with Gasteiger partial charge in [0.15, 0.2) is 0 Å². The van der Waals surface area contributed by atoms with Crippen molar-refractivity contribution in [2.75, 3.05) is 18.4 Å². The van der Waals surface area contributed by atoms with E-state index in [9.17, 15) is 13.2 Å². The van der Waals surface area contributed by atoms with Crippen LogP contribution in [-0.4, -0.2) is 19.1 Å². The fourth-order valence-corrected chi connectivity index (χ4v) is 1.97. The lowest BCUT2D eigenvalue weighted by Crippen LogP contribution is -2.38. The minimum absolute atomic E-state index is 0.306. The van der Waals surface area contributed by atoms with Crippen LogP contribution in [0.4, 0.5) is 18.9 Å². The summed E-state index contributed by atoms with van der Waals surface area (Å²) in [4.78, 5) is 0. The Labute approximate surface area is 98.2 Å². The van der Waals surface area contributed by atoms with E-state index in [4.69, 9.17) is 0 Å². The SMILES string of the molecule is FC(F)(F)c1ccc(N[C@H]2CCCNC2)cc1. The van der Waals surface area contributed by atoms with Crippen LogP contribution in [-0.2, 0) is 6.18 Å². The maximum Gasteiger partial charge on any atom is 0.416 e. The van der Waals surface area contributed by atoms with Gasteiger partial charge in [-0.15, -0.1) is 0 Å². The van der Waals surface area contributed by atoms with Gasteiger partial charge in [-0.05, 0) is 43.7 Å². The molecule has 1 saturated heterocycles. The Hall–Kier alpha value is -1.23. The zero-order chi connectivity index (χ0) is 12.3. The summed E-state index contributed by atoms with van der Waals surface area (Å²) >= 11 is 0. The van der Waals surface area contributed by atoms with Crippen molar-refractivity contribution >= 4 is 5.69 Å². The molecule has 1 aliphatic rings. The lowest BCUT2D eigenvalue weighted by atomic mass is 10.1. The number of benzene rings is 1. The van der Waals surface area contributed by atoms with Crippen molar-refractivity contribution in [2.24, 2.45) is 0 Å². The van der Waals surface area contributed by atoms with E-state index in [2.05, 4.69) is 10.6 Å². The fourth-order valence-electron chi connectivity index (χ4n) is 1.97. The van der Waals surface area contributed by atoms with Crippen molar-refractivity contribution in [1.82, 2.24) is 5.32 Å². The van der Waals surface area contributed by atoms with E-state index in [-0.39, 0.29) is 0 Å². The van der Waals surface area contributed by atoms with Gasteiger partial charge in [0, 0.05) is 18.3 Å². The smallest absolute Gasteiger partial charge is 0.381 e. The summed E-state index contributed by atoms with van der Waals surface area (Å²) in [7, 11) is 0. The first-order chi connectivity index (χ1) is 8.05. The quantitative estimate of drug-likeness (QED) is 0.836. The Morgan fingerprint density at radius 2 is 1.88 bits per heavy atom. The third-order valence-corrected chi connectivity index (χ3v) is 2.88. The van der Waals surface area contributed by atoms with Crippen molar-refractivity contribution in [3.8, 4) is 0 Å². The van der Waals surface area contributed by atoms with Gasteiger partial charge >= 0.3 is 6.18 Å². The fraction of sp³-hybridized carbons (Fsp3) is 0.500. The summed E-state index contributed by atoms with van der Waals surface area (Å²) in [6, 6.07) is 5.49. The van der Waals surface area contributed by atoms with Gasteiger partial charge in [0.25, 0.3) is 0 Å². The van der Waals surface area contributed by atoms with Gasteiger partial charge in [0.2, 0.25) is 0 Å². The van der Waals surface area contributed by atoms with E-state index in [1.54, 1.807) is 0 Å². The number of anilines is 1. The number of rotatable bonds is 2. The predicted octanol–water partition coefficient (Wildman–Crippen LogP) is 2.87. The molecular weight excluding hydrogens is 229 g/mol. The number of alkyl halides is 3. The Balaban J connectivity index is 1.98. The van der Waals surface area contributed by atoms with Crippen LogP contribution < -0.4 is 10.6 Å². The van der Waals surface area contributed by atoms with Gasteiger partial charge in [-0.2, -0.15) is 13.2 Å². The van der Waals surface area contributed by atoms with Crippen LogP contribution in [0.1, 0.15) is 18.4 Å². The Morgan fingerprint density at radius 1 is 1.18 bits per heavy atom. The van der Waals surface area contributed by atoms with E-state index >= 15 is 0 Å². The van der Waals surface area contributed by atoms with Crippen molar-refractivity contribution < 1.29 is 13.2 Å². The summed E-state index contributed by atoms with van der Waals surface area (Å²) in [5.41, 5.74) is 0.136. The molecule has 17 heavy (non-hydrogen) atoms. The van der Waals surface area contributed by atoms with Gasteiger partial charge < -0.3 is 10.6 Å². The predicted molar refractivity (Wildman–Crippen MR) is 61.0 cm³/mol. The van der Waals surface area contributed by atoms with Gasteiger partial charge in [-0.3, -0.25) is 0 Å². The lowest BCUT2D eigenvalue weighted by molar-refractivity contribution is -0.137. The zero-order valence-electron chi connectivity index (χ0n) is 9.35. The van der Waals surface area contributed by atoms with Gasteiger partial charge in [-0.25, -0.2) is 0 Å². The van der Waals surface area contributed by atoms with Gasteiger partial charge in [-0.1, -0.05) is 0 Å². The molecular formula is C12H15F3N2. The molecule has 1 aromatic carbocycles.